The molecule has 1 aliphatic heterocycles. The summed E-state index contributed by atoms with van der Waals surface area (Å²) in [7, 11) is 0. The average molecular weight is 292 g/mol. The molecular formula is C15H24N4S. The summed E-state index contributed by atoms with van der Waals surface area (Å²) in [6.07, 6.45) is 0. The van der Waals surface area contributed by atoms with Gasteiger partial charge in [-0.1, -0.05) is 12.2 Å². The van der Waals surface area contributed by atoms with Gasteiger partial charge in [0.2, 0.25) is 0 Å². The van der Waals surface area contributed by atoms with Crippen LogP contribution in [-0.2, 0) is 0 Å². The highest BCUT2D eigenvalue weighted by molar-refractivity contribution is 7.80. The number of anilines is 1. The molecule has 1 fully saturated rings. The summed E-state index contributed by atoms with van der Waals surface area (Å²) in [5.41, 5.74) is 7.83. The van der Waals surface area contributed by atoms with Crippen LogP contribution in [0.25, 0.3) is 0 Å². The molecule has 0 atom stereocenters. The minimum atomic E-state index is 0.232. The van der Waals surface area contributed by atoms with Gasteiger partial charge in [-0.25, -0.2) is 4.98 Å². The van der Waals surface area contributed by atoms with Crippen molar-refractivity contribution < 1.29 is 0 Å². The van der Waals surface area contributed by atoms with Gasteiger partial charge in [0.05, 0.1) is 0 Å². The zero-order chi connectivity index (χ0) is 14.9. The molecule has 0 saturated carbocycles. The maximum absolute atomic E-state index is 5.74. The maximum atomic E-state index is 5.74. The third-order valence-corrected chi connectivity index (χ3v) is 4.01. The topological polar surface area (TPSA) is 45.4 Å². The van der Waals surface area contributed by atoms with Crippen molar-refractivity contribution in [1.82, 2.24) is 9.88 Å². The number of aryl methyl sites for hydroxylation is 1. The van der Waals surface area contributed by atoms with E-state index < -0.39 is 0 Å². The van der Waals surface area contributed by atoms with Crippen molar-refractivity contribution in [3.63, 3.8) is 0 Å². The second kappa shape index (κ2) is 5.66. The molecule has 0 spiro atoms. The number of piperazine rings is 1. The molecule has 0 amide bonds. The zero-order valence-electron chi connectivity index (χ0n) is 12.8. The van der Waals surface area contributed by atoms with Gasteiger partial charge >= 0.3 is 0 Å². The third-order valence-electron chi connectivity index (χ3n) is 3.78. The van der Waals surface area contributed by atoms with Gasteiger partial charge in [-0.05, 0) is 39.8 Å². The maximum Gasteiger partial charge on any atom is 0.129 e. The lowest BCUT2D eigenvalue weighted by atomic mass is 10.0. The number of thiocarbonyl (C=S) groups is 1. The molecule has 0 aliphatic carbocycles. The molecule has 4 nitrogen and oxygen atoms in total. The summed E-state index contributed by atoms with van der Waals surface area (Å²) in [5, 5.41) is 0. The Morgan fingerprint density at radius 2 is 1.80 bits per heavy atom. The highest BCUT2D eigenvalue weighted by Gasteiger charge is 2.26. The number of aromatic nitrogens is 1. The lowest BCUT2D eigenvalue weighted by Gasteiger charge is -2.42. The van der Waals surface area contributed by atoms with E-state index in [1.807, 2.05) is 19.1 Å². The van der Waals surface area contributed by atoms with Crippen LogP contribution in [0.1, 0.15) is 32.0 Å². The van der Waals surface area contributed by atoms with Crippen LogP contribution >= 0.6 is 12.2 Å². The smallest absolute Gasteiger partial charge is 0.129 e. The van der Waals surface area contributed by atoms with E-state index in [0.717, 1.165) is 43.3 Å². The van der Waals surface area contributed by atoms with Gasteiger partial charge in [-0.3, -0.25) is 4.90 Å². The Balaban J connectivity index is 2.13. The molecule has 1 aromatic rings. The fraction of sp³-hybridized carbons (Fsp3) is 0.600. The highest BCUT2D eigenvalue weighted by atomic mass is 32.1. The Morgan fingerprint density at radius 1 is 1.20 bits per heavy atom. The first-order valence-corrected chi connectivity index (χ1v) is 7.47. The first kappa shape index (κ1) is 15.2. The first-order chi connectivity index (χ1) is 9.27. The van der Waals surface area contributed by atoms with Gasteiger partial charge in [-0.15, -0.1) is 0 Å². The SMILES string of the molecule is Cc1cc(C(N)=S)cc(N2CCN(C(C)(C)C)CC2)n1. The second-order valence-corrected chi connectivity index (χ2v) is 6.80. The third kappa shape index (κ3) is 3.46. The molecule has 0 unspecified atom stereocenters. The Labute approximate surface area is 127 Å². The monoisotopic (exact) mass is 292 g/mol. The number of pyridine rings is 1. The number of hydrogen-bond donors (Lipinski definition) is 1. The van der Waals surface area contributed by atoms with Gasteiger partial charge < -0.3 is 10.6 Å². The van der Waals surface area contributed by atoms with Crippen LogP contribution < -0.4 is 10.6 Å². The summed E-state index contributed by atoms with van der Waals surface area (Å²) < 4.78 is 0. The van der Waals surface area contributed by atoms with Crippen LogP contribution in [0.3, 0.4) is 0 Å². The van der Waals surface area contributed by atoms with Crippen LogP contribution in [0.15, 0.2) is 12.1 Å². The summed E-state index contributed by atoms with van der Waals surface area (Å²) in [4.78, 5) is 9.88. The van der Waals surface area contributed by atoms with Crippen LogP contribution in [0, 0.1) is 6.92 Å². The van der Waals surface area contributed by atoms with Gasteiger partial charge in [-0.2, -0.15) is 0 Å². The first-order valence-electron chi connectivity index (χ1n) is 7.06. The second-order valence-electron chi connectivity index (χ2n) is 6.36. The molecule has 0 bridgehead atoms. The van der Waals surface area contributed by atoms with Crippen molar-refractivity contribution >= 4 is 23.0 Å². The van der Waals surface area contributed by atoms with E-state index in [-0.39, 0.29) is 5.54 Å². The van der Waals surface area contributed by atoms with E-state index in [1.165, 1.54) is 0 Å². The molecule has 2 rings (SSSR count). The molecule has 1 saturated heterocycles. The van der Waals surface area contributed by atoms with E-state index in [2.05, 4.69) is 35.6 Å². The lowest BCUT2D eigenvalue weighted by molar-refractivity contribution is 0.128. The van der Waals surface area contributed by atoms with Crippen molar-refractivity contribution in [2.75, 3.05) is 31.1 Å². The van der Waals surface area contributed by atoms with Crippen molar-refractivity contribution in [2.24, 2.45) is 5.73 Å². The Morgan fingerprint density at radius 3 is 2.30 bits per heavy atom. The van der Waals surface area contributed by atoms with Crippen LogP contribution in [0.4, 0.5) is 5.82 Å². The normalized spacial score (nSPS) is 17.3. The van der Waals surface area contributed by atoms with Gasteiger partial charge in [0.25, 0.3) is 0 Å². The summed E-state index contributed by atoms with van der Waals surface area (Å²) in [5.74, 6) is 0.987. The number of rotatable bonds is 2. The predicted octanol–water partition coefficient (Wildman–Crippen LogP) is 1.94. The fourth-order valence-corrected chi connectivity index (χ4v) is 2.68. The molecule has 2 heterocycles. The largest absolute Gasteiger partial charge is 0.389 e. The van der Waals surface area contributed by atoms with Gasteiger partial charge in [0.1, 0.15) is 10.8 Å². The number of nitrogens with two attached hydrogens (primary N) is 1. The van der Waals surface area contributed by atoms with E-state index in [1.54, 1.807) is 0 Å². The van der Waals surface area contributed by atoms with Crippen LogP contribution in [0.2, 0.25) is 0 Å². The predicted molar refractivity (Wildman–Crippen MR) is 88.4 cm³/mol. The molecule has 2 N–H and O–H groups in total. The van der Waals surface area contributed by atoms with Crippen molar-refractivity contribution in [1.29, 1.82) is 0 Å². The summed E-state index contributed by atoms with van der Waals surface area (Å²) in [6.45, 7) is 12.9. The molecule has 0 radical (unpaired) electrons. The van der Waals surface area contributed by atoms with E-state index in [9.17, 15) is 0 Å². The molecule has 20 heavy (non-hydrogen) atoms. The summed E-state index contributed by atoms with van der Waals surface area (Å²) >= 11 is 5.07. The molecular weight excluding hydrogens is 268 g/mol. The van der Waals surface area contributed by atoms with Crippen molar-refractivity contribution in [2.45, 2.75) is 33.2 Å². The fourth-order valence-electron chi connectivity index (χ4n) is 2.56. The van der Waals surface area contributed by atoms with Gasteiger partial charge in [0, 0.05) is 43.0 Å². The quantitative estimate of drug-likeness (QED) is 0.844. The van der Waals surface area contributed by atoms with Crippen molar-refractivity contribution in [3.05, 3.63) is 23.4 Å². The van der Waals surface area contributed by atoms with E-state index >= 15 is 0 Å². The highest BCUT2D eigenvalue weighted by Crippen LogP contribution is 2.20. The number of hydrogen-bond acceptors (Lipinski definition) is 4. The van der Waals surface area contributed by atoms with Crippen LogP contribution in [-0.4, -0.2) is 46.6 Å². The standard InChI is InChI=1S/C15H24N4S/c1-11-9-12(14(16)20)10-13(17-11)18-5-7-19(8-6-18)15(2,3)4/h9-10H,5-8H2,1-4H3,(H2,16,20). The Bertz CT molecular complexity index is 499. The molecule has 110 valence electrons. The Kier molecular flexibility index (Phi) is 4.30. The molecule has 5 heteroatoms. The molecule has 1 aliphatic rings. The minimum absolute atomic E-state index is 0.232. The molecule has 0 aromatic carbocycles. The summed E-state index contributed by atoms with van der Waals surface area (Å²) in [6, 6.07) is 3.94. The Hall–Kier alpha value is -1.20. The van der Waals surface area contributed by atoms with E-state index in [4.69, 9.17) is 18.0 Å². The van der Waals surface area contributed by atoms with Crippen molar-refractivity contribution in [3.8, 4) is 0 Å². The van der Waals surface area contributed by atoms with E-state index in [0.29, 0.717) is 4.99 Å². The minimum Gasteiger partial charge on any atom is -0.389 e. The van der Waals surface area contributed by atoms with Crippen LogP contribution in [0.5, 0.6) is 0 Å². The van der Waals surface area contributed by atoms with Gasteiger partial charge in [0.15, 0.2) is 0 Å². The average Bonchev–Trinajstić information content (AvgIpc) is 2.37. The molecule has 1 aromatic heterocycles. The lowest BCUT2D eigenvalue weighted by Crippen LogP contribution is -2.53. The number of nitrogens with zero attached hydrogens (tertiary/aromatic N) is 3. The zero-order valence-corrected chi connectivity index (χ0v) is 13.6.